The van der Waals surface area contributed by atoms with E-state index in [1.165, 1.54) is 0 Å². The Morgan fingerprint density at radius 2 is 2.04 bits per heavy atom. The van der Waals surface area contributed by atoms with Crippen molar-refractivity contribution in [3.8, 4) is 0 Å². The maximum atomic E-state index is 11.5. The SMILES string of the molecule is CC(C)(C)OC=O.O=C(N[C@H]1CCCNC1)OCc1ccccc1. The van der Waals surface area contributed by atoms with Gasteiger partial charge >= 0.3 is 6.09 Å². The minimum atomic E-state index is -0.331. The molecule has 1 amide bonds. The molecule has 0 unspecified atom stereocenters. The van der Waals surface area contributed by atoms with Gasteiger partial charge in [0.2, 0.25) is 0 Å². The maximum absolute atomic E-state index is 11.5. The molecule has 2 rings (SSSR count). The zero-order chi connectivity index (χ0) is 17.8. The molecule has 2 N–H and O–H groups in total. The Kier molecular flexibility index (Phi) is 8.86. The van der Waals surface area contributed by atoms with Crippen LogP contribution >= 0.6 is 0 Å². The highest BCUT2D eigenvalue weighted by atomic mass is 16.5. The molecule has 1 heterocycles. The van der Waals surface area contributed by atoms with Gasteiger partial charge in [-0.05, 0) is 45.7 Å². The first kappa shape index (κ1) is 20.0. The summed E-state index contributed by atoms with van der Waals surface area (Å²) in [7, 11) is 0. The number of rotatable bonds is 4. The van der Waals surface area contributed by atoms with Gasteiger partial charge in [-0.15, -0.1) is 0 Å². The highest BCUT2D eigenvalue weighted by Gasteiger charge is 2.15. The Morgan fingerprint density at radius 3 is 2.54 bits per heavy atom. The number of alkyl carbamates (subject to hydrolysis) is 1. The van der Waals surface area contributed by atoms with E-state index in [0.717, 1.165) is 31.5 Å². The summed E-state index contributed by atoms with van der Waals surface area (Å²) in [5, 5.41) is 6.11. The van der Waals surface area contributed by atoms with Crippen LogP contribution in [-0.2, 0) is 20.9 Å². The van der Waals surface area contributed by atoms with Crippen molar-refractivity contribution in [3.05, 3.63) is 35.9 Å². The van der Waals surface area contributed by atoms with Gasteiger partial charge in [-0.25, -0.2) is 4.79 Å². The monoisotopic (exact) mass is 336 g/mol. The van der Waals surface area contributed by atoms with Gasteiger partial charge in [0.15, 0.2) is 0 Å². The summed E-state index contributed by atoms with van der Waals surface area (Å²) in [6.07, 6.45) is 1.79. The van der Waals surface area contributed by atoms with Crippen LogP contribution in [0.15, 0.2) is 30.3 Å². The second-order valence-electron chi connectivity index (χ2n) is 6.58. The first-order valence-corrected chi connectivity index (χ1v) is 8.20. The minimum Gasteiger partial charge on any atom is -0.462 e. The molecule has 0 saturated carbocycles. The molecular weight excluding hydrogens is 308 g/mol. The van der Waals surface area contributed by atoms with Gasteiger partial charge in [-0.3, -0.25) is 4.79 Å². The molecule has 1 aromatic carbocycles. The number of amides is 1. The van der Waals surface area contributed by atoms with Gasteiger partial charge in [0.25, 0.3) is 6.47 Å². The summed E-state index contributed by atoms with van der Waals surface area (Å²) in [5.74, 6) is 0. The van der Waals surface area contributed by atoms with E-state index in [2.05, 4.69) is 15.4 Å². The molecule has 0 bridgehead atoms. The van der Waals surface area contributed by atoms with Gasteiger partial charge in [0, 0.05) is 12.6 Å². The summed E-state index contributed by atoms with van der Waals surface area (Å²) in [6.45, 7) is 8.12. The summed E-state index contributed by atoms with van der Waals surface area (Å²) in [5.41, 5.74) is 0.686. The molecule has 1 saturated heterocycles. The number of hydrogen-bond acceptors (Lipinski definition) is 5. The number of carbonyl (C=O) groups is 2. The number of hydrogen-bond donors (Lipinski definition) is 2. The van der Waals surface area contributed by atoms with Crippen molar-refractivity contribution < 1.29 is 19.1 Å². The molecule has 1 aromatic rings. The summed E-state index contributed by atoms with van der Waals surface area (Å²) >= 11 is 0. The van der Waals surface area contributed by atoms with E-state index < -0.39 is 0 Å². The number of piperidine rings is 1. The van der Waals surface area contributed by atoms with Gasteiger partial charge in [-0.2, -0.15) is 0 Å². The zero-order valence-electron chi connectivity index (χ0n) is 14.7. The molecule has 1 aliphatic rings. The zero-order valence-corrected chi connectivity index (χ0v) is 14.7. The fourth-order valence-corrected chi connectivity index (χ4v) is 2.05. The highest BCUT2D eigenvalue weighted by molar-refractivity contribution is 5.67. The van der Waals surface area contributed by atoms with Crippen LogP contribution in [0.5, 0.6) is 0 Å². The van der Waals surface area contributed by atoms with Crippen LogP contribution in [-0.4, -0.2) is 37.3 Å². The van der Waals surface area contributed by atoms with Crippen LogP contribution in [0.25, 0.3) is 0 Å². The van der Waals surface area contributed by atoms with Crippen molar-refractivity contribution in [1.29, 1.82) is 0 Å². The fourth-order valence-electron chi connectivity index (χ4n) is 2.05. The lowest BCUT2D eigenvalue weighted by Gasteiger charge is -2.23. The van der Waals surface area contributed by atoms with E-state index >= 15 is 0 Å². The third kappa shape index (κ3) is 9.84. The van der Waals surface area contributed by atoms with E-state index in [1.807, 2.05) is 51.1 Å². The van der Waals surface area contributed by atoms with E-state index in [-0.39, 0.29) is 17.7 Å². The van der Waals surface area contributed by atoms with E-state index in [1.54, 1.807) is 0 Å². The first-order chi connectivity index (χ1) is 11.4. The third-order valence-corrected chi connectivity index (χ3v) is 3.23. The van der Waals surface area contributed by atoms with Gasteiger partial charge in [0.05, 0.1) is 0 Å². The average Bonchev–Trinajstić information content (AvgIpc) is 2.54. The van der Waals surface area contributed by atoms with E-state index in [0.29, 0.717) is 13.1 Å². The summed E-state index contributed by atoms with van der Waals surface area (Å²) in [4.78, 5) is 21.1. The number of carbonyl (C=O) groups excluding carboxylic acids is 2. The third-order valence-electron chi connectivity index (χ3n) is 3.23. The molecule has 1 aliphatic heterocycles. The normalized spacial score (nSPS) is 17.0. The minimum absolute atomic E-state index is 0.201. The Balaban J connectivity index is 0.000000351. The lowest BCUT2D eigenvalue weighted by atomic mass is 10.1. The summed E-state index contributed by atoms with van der Waals surface area (Å²) < 4.78 is 9.70. The molecular formula is C18H28N2O4. The molecule has 0 radical (unpaired) electrons. The molecule has 1 atom stereocenters. The van der Waals surface area contributed by atoms with E-state index in [4.69, 9.17) is 4.74 Å². The highest BCUT2D eigenvalue weighted by Crippen LogP contribution is 2.04. The Labute approximate surface area is 143 Å². The summed E-state index contributed by atoms with van der Waals surface area (Å²) in [6, 6.07) is 9.89. The Hall–Kier alpha value is -2.08. The molecule has 1 fully saturated rings. The smallest absolute Gasteiger partial charge is 0.407 e. The van der Waals surface area contributed by atoms with Gasteiger partial charge in [-0.1, -0.05) is 30.3 Å². The second kappa shape index (κ2) is 10.6. The number of nitrogens with one attached hydrogen (secondary N) is 2. The first-order valence-electron chi connectivity index (χ1n) is 8.20. The second-order valence-corrected chi connectivity index (χ2v) is 6.58. The molecule has 134 valence electrons. The topological polar surface area (TPSA) is 76.7 Å². The Bertz CT molecular complexity index is 480. The molecule has 6 heteroatoms. The van der Waals surface area contributed by atoms with Crippen molar-refractivity contribution in [1.82, 2.24) is 10.6 Å². The van der Waals surface area contributed by atoms with Gasteiger partial charge < -0.3 is 20.1 Å². The van der Waals surface area contributed by atoms with Crippen LogP contribution in [0.2, 0.25) is 0 Å². The lowest BCUT2D eigenvalue weighted by Crippen LogP contribution is -2.45. The van der Waals surface area contributed by atoms with Crippen molar-refractivity contribution in [2.75, 3.05) is 13.1 Å². The van der Waals surface area contributed by atoms with Crippen molar-refractivity contribution in [2.24, 2.45) is 0 Å². The molecule has 6 nitrogen and oxygen atoms in total. The van der Waals surface area contributed by atoms with Crippen molar-refractivity contribution in [3.63, 3.8) is 0 Å². The predicted molar refractivity (Wildman–Crippen MR) is 92.6 cm³/mol. The largest absolute Gasteiger partial charge is 0.462 e. The van der Waals surface area contributed by atoms with Crippen LogP contribution in [0.1, 0.15) is 39.2 Å². The number of ether oxygens (including phenoxy) is 2. The lowest BCUT2D eigenvalue weighted by molar-refractivity contribution is -0.138. The van der Waals surface area contributed by atoms with Gasteiger partial charge in [0.1, 0.15) is 12.2 Å². The van der Waals surface area contributed by atoms with Crippen molar-refractivity contribution in [2.45, 2.75) is 51.9 Å². The van der Waals surface area contributed by atoms with Crippen LogP contribution in [0.4, 0.5) is 4.79 Å². The van der Waals surface area contributed by atoms with Crippen LogP contribution < -0.4 is 10.6 Å². The fraction of sp³-hybridized carbons (Fsp3) is 0.556. The van der Waals surface area contributed by atoms with E-state index in [9.17, 15) is 9.59 Å². The predicted octanol–water partition coefficient (Wildman–Crippen LogP) is 2.62. The molecule has 0 spiro atoms. The quantitative estimate of drug-likeness (QED) is 0.827. The van der Waals surface area contributed by atoms with Crippen molar-refractivity contribution >= 4 is 12.6 Å². The van der Waals surface area contributed by atoms with Crippen LogP contribution in [0, 0.1) is 0 Å². The molecule has 24 heavy (non-hydrogen) atoms. The molecule has 0 aromatic heterocycles. The van der Waals surface area contributed by atoms with Crippen LogP contribution in [0.3, 0.4) is 0 Å². The molecule has 0 aliphatic carbocycles. The number of benzene rings is 1. The Morgan fingerprint density at radius 1 is 1.33 bits per heavy atom. The standard InChI is InChI=1S/C13H18N2O2.C5H10O2/c16-13(15-12-7-4-8-14-9-12)17-10-11-5-2-1-3-6-11;1-5(2,3)7-4-6/h1-3,5-6,12,14H,4,7-10H2,(H,15,16);4H,1-3H3/t12-;/m0./s1. The average molecular weight is 336 g/mol. The maximum Gasteiger partial charge on any atom is 0.407 e.